The Morgan fingerprint density at radius 1 is 0.704 bits per heavy atom. The second-order valence-corrected chi connectivity index (χ2v) is 12.9. The summed E-state index contributed by atoms with van der Waals surface area (Å²) in [4.78, 5) is 27.9. The number of ketones is 1. The number of aromatic hydroxyl groups is 8. The second kappa shape index (κ2) is 11.7. The van der Waals surface area contributed by atoms with E-state index >= 15 is 0 Å². The van der Waals surface area contributed by atoms with Crippen molar-refractivity contribution in [2.75, 3.05) is 0 Å². The maximum absolute atomic E-state index is 14.1. The standard InChI is InChI=1S/C38H28O16/c1-15-2-3-16(6-23(15)42)33-30(14-21-24(43)10-19(39)12-28(21)50-33)51-36(48)17-7-27(46)34-31(8-17)52-37(49)35(47)32-26(45)11-20(40)13-29(32)53-38(37,54-34)18-4-5-22(41)25(44)9-18/h2-13,30,33,39-46,49H,14H2,1H3. The largest absolute Gasteiger partial charge is 0.508 e. The monoisotopic (exact) mass is 740 g/mol. The molecule has 4 unspecified atom stereocenters. The second-order valence-electron chi connectivity index (χ2n) is 12.9. The molecular formula is C38H28O16. The van der Waals surface area contributed by atoms with E-state index in [4.69, 9.17) is 23.7 Å². The maximum atomic E-state index is 14.1. The highest BCUT2D eigenvalue weighted by molar-refractivity contribution is 6.08. The van der Waals surface area contributed by atoms with E-state index in [1.807, 2.05) is 0 Å². The number of aliphatic hydroxyl groups is 1. The topological polar surface area (TPSA) is 262 Å². The Kier molecular flexibility index (Phi) is 7.32. The van der Waals surface area contributed by atoms with Crippen molar-refractivity contribution in [1.29, 1.82) is 0 Å². The van der Waals surface area contributed by atoms with Crippen LogP contribution in [0.25, 0.3) is 0 Å². The van der Waals surface area contributed by atoms with Gasteiger partial charge in [0, 0.05) is 41.8 Å². The van der Waals surface area contributed by atoms with E-state index in [0.29, 0.717) is 11.1 Å². The molecule has 0 aromatic heterocycles. The predicted octanol–water partition coefficient (Wildman–Crippen LogP) is 4.13. The molecule has 0 fully saturated rings. The summed E-state index contributed by atoms with van der Waals surface area (Å²) in [6.07, 6.45) is -2.39. The molecule has 16 heteroatoms. The van der Waals surface area contributed by atoms with Gasteiger partial charge in [0.25, 0.3) is 5.78 Å². The van der Waals surface area contributed by atoms with Gasteiger partial charge < -0.3 is 69.6 Å². The van der Waals surface area contributed by atoms with Gasteiger partial charge in [-0.15, -0.1) is 0 Å². The lowest BCUT2D eigenvalue weighted by Crippen LogP contribution is -2.70. The van der Waals surface area contributed by atoms with E-state index in [2.05, 4.69) is 0 Å². The molecule has 3 aliphatic rings. The van der Waals surface area contributed by atoms with Gasteiger partial charge in [-0.25, -0.2) is 4.79 Å². The van der Waals surface area contributed by atoms with Crippen LogP contribution in [-0.4, -0.2) is 69.6 Å². The number of rotatable bonds is 4. The summed E-state index contributed by atoms with van der Waals surface area (Å²) < 4.78 is 29.7. The van der Waals surface area contributed by atoms with Crippen LogP contribution in [0.2, 0.25) is 0 Å². The van der Waals surface area contributed by atoms with E-state index in [9.17, 15) is 55.5 Å². The van der Waals surface area contributed by atoms with Crippen molar-refractivity contribution in [3.8, 4) is 69.0 Å². The first-order valence-corrected chi connectivity index (χ1v) is 16.1. The molecule has 0 aliphatic carbocycles. The highest BCUT2D eigenvalue weighted by Gasteiger charge is 2.71. The van der Waals surface area contributed by atoms with Crippen LogP contribution >= 0.6 is 0 Å². The highest BCUT2D eigenvalue weighted by atomic mass is 16.8. The SMILES string of the molecule is Cc1ccc(C2Oc3cc(O)cc(O)c3CC2OC(=O)c2cc(O)c3c(c2)OC2(O)C(=O)c4c(O)cc(O)cc4OC2(c2ccc(O)c(O)c2)O3)cc1O. The average Bonchev–Trinajstić information content (AvgIpc) is 3.10. The molecular weight excluding hydrogens is 712 g/mol. The zero-order valence-electron chi connectivity index (χ0n) is 27.7. The third kappa shape index (κ3) is 5.02. The van der Waals surface area contributed by atoms with Gasteiger partial charge in [-0.1, -0.05) is 12.1 Å². The van der Waals surface area contributed by atoms with Crippen LogP contribution < -0.4 is 18.9 Å². The molecule has 3 aliphatic heterocycles. The van der Waals surface area contributed by atoms with Gasteiger partial charge in [-0.05, 0) is 54.4 Å². The lowest BCUT2D eigenvalue weighted by atomic mass is 9.85. The van der Waals surface area contributed by atoms with Gasteiger partial charge in [0.05, 0.1) is 5.56 Å². The number of hydrogen-bond donors (Lipinski definition) is 9. The Bertz CT molecular complexity index is 2440. The highest BCUT2D eigenvalue weighted by Crippen LogP contribution is 2.57. The molecule has 0 bridgehead atoms. The van der Waals surface area contributed by atoms with Crippen molar-refractivity contribution in [2.24, 2.45) is 0 Å². The molecule has 0 saturated heterocycles. The van der Waals surface area contributed by atoms with Crippen molar-refractivity contribution < 1.29 is 79.2 Å². The number of phenolic OH excluding ortho intramolecular Hbond substituents is 8. The smallest absolute Gasteiger partial charge is 0.358 e. The van der Waals surface area contributed by atoms with E-state index in [0.717, 1.165) is 48.5 Å². The predicted molar refractivity (Wildman–Crippen MR) is 179 cm³/mol. The molecule has 276 valence electrons. The van der Waals surface area contributed by atoms with Crippen LogP contribution in [-0.2, 0) is 16.9 Å². The number of carbonyl (C=O) groups excluding carboxylic acids is 2. The number of esters is 1. The average molecular weight is 741 g/mol. The molecule has 0 saturated carbocycles. The van der Waals surface area contributed by atoms with E-state index in [-0.39, 0.29) is 40.5 Å². The third-order valence-corrected chi connectivity index (χ3v) is 9.42. The van der Waals surface area contributed by atoms with Crippen LogP contribution in [0.15, 0.2) is 72.8 Å². The minimum atomic E-state index is -3.28. The number of fused-ring (bicyclic) bond motifs is 4. The lowest BCUT2D eigenvalue weighted by molar-refractivity contribution is -0.316. The van der Waals surface area contributed by atoms with Gasteiger partial charge in [-0.3, -0.25) is 4.79 Å². The number of aryl methyl sites for hydroxylation is 1. The van der Waals surface area contributed by atoms with Crippen molar-refractivity contribution in [3.63, 3.8) is 0 Å². The normalized spacial score (nSPS) is 22.1. The number of Topliss-reactive ketones (excluding diaryl/α,β-unsaturated/α-hetero) is 1. The maximum Gasteiger partial charge on any atom is 0.358 e. The zero-order chi connectivity index (χ0) is 38.4. The molecule has 9 N–H and O–H groups in total. The third-order valence-electron chi connectivity index (χ3n) is 9.42. The molecule has 4 atom stereocenters. The molecule has 0 radical (unpaired) electrons. The summed E-state index contributed by atoms with van der Waals surface area (Å²) in [7, 11) is 0. The quantitative estimate of drug-likeness (QED) is 0.0926. The van der Waals surface area contributed by atoms with E-state index < -0.39 is 92.7 Å². The summed E-state index contributed by atoms with van der Waals surface area (Å²) in [5.41, 5.74) is -0.231. The Morgan fingerprint density at radius 2 is 1.43 bits per heavy atom. The molecule has 3 heterocycles. The fraction of sp³-hybridized carbons (Fsp3) is 0.158. The Balaban J connectivity index is 1.19. The first-order valence-electron chi connectivity index (χ1n) is 16.1. The number of phenols is 8. The number of carbonyl (C=O) groups is 2. The summed E-state index contributed by atoms with van der Waals surface area (Å²) in [6, 6.07) is 13.6. The lowest BCUT2D eigenvalue weighted by Gasteiger charge is -2.50. The summed E-state index contributed by atoms with van der Waals surface area (Å²) >= 11 is 0. The van der Waals surface area contributed by atoms with Crippen molar-refractivity contribution in [2.45, 2.75) is 37.1 Å². The molecule has 0 amide bonds. The van der Waals surface area contributed by atoms with Crippen molar-refractivity contribution in [3.05, 3.63) is 106 Å². The van der Waals surface area contributed by atoms with Crippen molar-refractivity contribution in [1.82, 2.24) is 0 Å². The van der Waals surface area contributed by atoms with E-state index in [1.54, 1.807) is 19.1 Å². The molecule has 8 rings (SSSR count). The van der Waals surface area contributed by atoms with Crippen LogP contribution in [0.5, 0.6) is 69.0 Å². The first-order chi connectivity index (χ1) is 25.6. The first kappa shape index (κ1) is 33.9. The van der Waals surface area contributed by atoms with Gasteiger partial charge >= 0.3 is 17.5 Å². The van der Waals surface area contributed by atoms with Gasteiger partial charge in [-0.2, -0.15) is 0 Å². The summed E-state index contributed by atoms with van der Waals surface area (Å²) in [6.45, 7) is 1.67. The molecule has 5 aromatic rings. The molecule has 0 spiro atoms. The number of hydrogen-bond acceptors (Lipinski definition) is 16. The Morgan fingerprint density at radius 3 is 2.15 bits per heavy atom. The Labute approximate surface area is 303 Å². The van der Waals surface area contributed by atoms with Gasteiger partial charge in [0.1, 0.15) is 51.9 Å². The van der Waals surface area contributed by atoms with Crippen molar-refractivity contribution >= 4 is 11.8 Å². The zero-order valence-corrected chi connectivity index (χ0v) is 27.7. The number of benzene rings is 5. The molecule has 16 nitrogen and oxygen atoms in total. The summed E-state index contributed by atoms with van der Waals surface area (Å²) in [5.74, 6) is -14.3. The number of ether oxygens (including phenoxy) is 5. The minimum absolute atomic E-state index is 0.0759. The van der Waals surface area contributed by atoms with E-state index in [1.165, 1.54) is 12.1 Å². The summed E-state index contributed by atoms with van der Waals surface area (Å²) in [5, 5.41) is 95.5. The van der Waals surface area contributed by atoms with Crippen LogP contribution in [0.4, 0.5) is 0 Å². The molecule has 54 heavy (non-hydrogen) atoms. The van der Waals surface area contributed by atoms with Gasteiger partial charge in [0.15, 0.2) is 29.1 Å². The minimum Gasteiger partial charge on any atom is -0.508 e. The Hall–Kier alpha value is -7.20. The van der Waals surface area contributed by atoms with Crippen LogP contribution in [0.3, 0.4) is 0 Å². The molecule has 5 aromatic carbocycles. The van der Waals surface area contributed by atoms with Crippen LogP contribution in [0.1, 0.15) is 49.1 Å². The van der Waals surface area contributed by atoms with Gasteiger partial charge in [0.2, 0.25) is 5.75 Å². The fourth-order valence-corrected chi connectivity index (χ4v) is 6.71. The fourth-order valence-electron chi connectivity index (χ4n) is 6.71. The van der Waals surface area contributed by atoms with Crippen LogP contribution in [0, 0.1) is 6.92 Å².